The van der Waals surface area contributed by atoms with Gasteiger partial charge in [0.05, 0.1) is 0 Å². The van der Waals surface area contributed by atoms with Gasteiger partial charge in [0.25, 0.3) is 0 Å². The second-order valence-electron chi connectivity index (χ2n) is 7.04. The van der Waals surface area contributed by atoms with Gasteiger partial charge < -0.3 is 9.47 Å². The standard InChI is InChI=1S/C26H26O2/c1-7-21-9-11-23(12-10-21)27-24-15-20(6)26(16-19(24)5)28-25-14-17(3)22(8-2)13-18(25)4/h7-16H,1-2H2,3-6H3. The van der Waals surface area contributed by atoms with Gasteiger partial charge in [-0.05, 0) is 97.5 Å². The van der Waals surface area contributed by atoms with E-state index >= 15 is 0 Å². The molecule has 0 aromatic heterocycles. The predicted octanol–water partition coefficient (Wildman–Crippen LogP) is 7.79. The quantitative estimate of drug-likeness (QED) is 0.441. The maximum absolute atomic E-state index is 6.24. The first kappa shape index (κ1) is 19.5. The van der Waals surface area contributed by atoms with Crippen LogP contribution in [0.4, 0.5) is 0 Å². The lowest BCUT2D eigenvalue weighted by Gasteiger charge is -2.16. The molecule has 2 nitrogen and oxygen atoms in total. The van der Waals surface area contributed by atoms with Gasteiger partial charge in [0.2, 0.25) is 0 Å². The Balaban J connectivity index is 1.86. The summed E-state index contributed by atoms with van der Waals surface area (Å²) in [6.45, 7) is 15.8. The second kappa shape index (κ2) is 8.18. The van der Waals surface area contributed by atoms with Gasteiger partial charge in [-0.2, -0.15) is 0 Å². The predicted molar refractivity (Wildman–Crippen MR) is 119 cm³/mol. The molecule has 0 aliphatic rings. The van der Waals surface area contributed by atoms with Crippen molar-refractivity contribution in [3.8, 4) is 23.0 Å². The van der Waals surface area contributed by atoms with Crippen molar-refractivity contribution in [1.29, 1.82) is 0 Å². The lowest BCUT2D eigenvalue weighted by molar-refractivity contribution is 0.461. The first-order valence-electron chi connectivity index (χ1n) is 9.34. The Morgan fingerprint density at radius 1 is 0.607 bits per heavy atom. The van der Waals surface area contributed by atoms with Crippen molar-refractivity contribution in [2.45, 2.75) is 27.7 Å². The average Bonchev–Trinajstić information content (AvgIpc) is 2.68. The van der Waals surface area contributed by atoms with Crippen LogP contribution >= 0.6 is 0 Å². The van der Waals surface area contributed by atoms with Crippen LogP contribution in [-0.2, 0) is 0 Å². The molecule has 2 heteroatoms. The zero-order valence-electron chi connectivity index (χ0n) is 17.0. The third-order valence-electron chi connectivity index (χ3n) is 4.82. The summed E-state index contributed by atoms with van der Waals surface area (Å²) in [6.07, 6.45) is 3.69. The van der Waals surface area contributed by atoms with Crippen molar-refractivity contribution < 1.29 is 9.47 Å². The number of aryl methyl sites for hydroxylation is 4. The maximum atomic E-state index is 6.24. The smallest absolute Gasteiger partial charge is 0.130 e. The summed E-state index contributed by atoms with van der Waals surface area (Å²) >= 11 is 0. The number of hydrogen-bond donors (Lipinski definition) is 0. The fourth-order valence-electron chi connectivity index (χ4n) is 3.04. The summed E-state index contributed by atoms with van der Waals surface area (Å²) in [6, 6.07) is 16.1. The van der Waals surface area contributed by atoms with Crippen LogP contribution in [0.25, 0.3) is 12.2 Å². The molecule has 3 aromatic rings. The Labute approximate surface area is 167 Å². The molecule has 0 atom stereocenters. The van der Waals surface area contributed by atoms with Gasteiger partial charge in [-0.15, -0.1) is 0 Å². The molecule has 0 spiro atoms. The molecule has 0 saturated heterocycles. The third kappa shape index (κ3) is 4.17. The van der Waals surface area contributed by atoms with Gasteiger partial charge in [0.1, 0.15) is 23.0 Å². The minimum Gasteiger partial charge on any atom is -0.457 e. The maximum Gasteiger partial charge on any atom is 0.130 e. The molecular formula is C26H26O2. The van der Waals surface area contributed by atoms with E-state index < -0.39 is 0 Å². The summed E-state index contributed by atoms with van der Waals surface area (Å²) < 4.78 is 12.3. The normalized spacial score (nSPS) is 10.4. The van der Waals surface area contributed by atoms with Crippen molar-refractivity contribution in [2.24, 2.45) is 0 Å². The molecule has 0 bridgehead atoms. The zero-order chi connectivity index (χ0) is 20.3. The van der Waals surface area contributed by atoms with E-state index in [2.05, 4.69) is 32.2 Å². The molecule has 0 fully saturated rings. The van der Waals surface area contributed by atoms with Gasteiger partial charge in [-0.3, -0.25) is 0 Å². The molecule has 3 rings (SSSR count). The third-order valence-corrected chi connectivity index (χ3v) is 4.82. The van der Waals surface area contributed by atoms with Crippen molar-refractivity contribution >= 4 is 12.2 Å². The van der Waals surface area contributed by atoms with Crippen LogP contribution in [0, 0.1) is 27.7 Å². The van der Waals surface area contributed by atoms with Crippen molar-refractivity contribution in [2.75, 3.05) is 0 Å². The Morgan fingerprint density at radius 2 is 1.11 bits per heavy atom. The van der Waals surface area contributed by atoms with Crippen molar-refractivity contribution in [3.05, 3.63) is 95.1 Å². The van der Waals surface area contributed by atoms with Crippen LogP contribution in [-0.4, -0.2) is 0 Å². The summed E-state index contributed by atoms with van der Waals surface area (Å²) in [5.74, 6) is 3.32. The Morgan fingerprint density at radius 3 is 1.64 bits per heavy atom. The van der Waals surface area contributed by atoms with Crippen LogP contribution in [0.3, 0.4) is 0 Å². The average molecular weight is 370 g/mol. The molecule has 0 unspecified atom stereocenters. The molecule has 142 valence electrons. The van der Waals surface area contributed by atoms with Crippen LogP contribution in [0.2, 0.25) is 0 Å². The minimum atomic E-state index is 0.799. The fraction of sp³-hybridized carbons (Fsp3) is 0.154. The number of benzene rings is 3. The second-order valence-corrected chi connectivity index (χ2v) is 7.04. The van der Waals surface area contributed by atoms with E-state index in [9.17, 15) is 0 Å². The molecule has 0 saturated carbocycles. The topological polar surface area (TPSA) is 18.5 Å². The minimum absolute atomic E-state index is 0.799. The van der Waals surface area contributed by atoms with E-state index in [1.165, 1.54) is 0 Å². The van der Waals surface area contributed by atoms with E-state index in [-0.39, 0.29) is 0 Å². The van der Waals surface area contributed by atoms with Gasteiger partial charge >= 0.3 is 0 Å². The van der Waals surface area contributed by atoms with Gasteiger partial charge in [-0.25, -0.2) is 0 Å². The van der Waals surface area contributed by atoms with E-state index in [0.29, 0.717) is 0 Å². The molecule has 3 aromatic carbocycles. The molecule has 0 aliphatic carbocycles. The van der Waals surface area contributed by atoms with E-state index in [1.807, 2.05) is 69.3 Å². The van der Waals surface area contributed by atoms with Gasteiger partial charge in [-0.1, -0.05) is 37.4 Å². The monoisotopic (exact) mass is 370 g/mol. The van der Waals surface area contributed by atoms with Crippen LogP contribution in [0.15, 0.2) is 61.7 Å². The highest BCUT2D eigenvalue weighted by molar-refractivity contribution is 5.57. The lowest BCUT2D eigenvalue weighted by atomic mass is 10.0. The van der Waals surface area contributed by atoms with Crippen LogP contribution < -0.4 is 9.47 Å². The number of hydrogen-bond acceptors (Lipinski definition) is 2. The molecule has 28 heavy (non-hydrogen) atoms. The van der Waals surface area contributed by atoms with Crippen molar-refractivity contribution in [1.82, 2.24) is 0 Å². The summed E-state index contributed by atoms with van der Waals surface area (Å²) in [7, 11) is 0. The van der Waals surface area contributed by atoms with Gasteiger partial charge in [0.15, 0.2) is 0 Å². The SMILES string of the molecule is C=Cc1ccc(Oc2cc(C)c(Oc3cc(C)c(C=C)cc3C)cc2C)cc1. The van der Waals surface area contributed by atoms with E-state index in [4.69, 9.17) is 9.47 Å². The lowest BCUT2D eigenvalue weighted by Crippen LogP contribution is -1.95. The fourth-order valence-corrected chi connectivity index (χ4v) is 3.04. The molecule has 0 aliphatic heterocycles. The van der Waals surface area contributed by atoms with E-state index in [1.54, 1.807) is 0 Å². The summed E-state index contributed by atoms with van der Waals surface area (Å²) in [4.78, 5) is 0. The summed E-state index contributed by atoms with van der Waals surface area (Å²) in [5.41, 5.74) is 6.47. The summed E-state index contributed by atoms with van der Waals surface area (Å²) in [5, 5.41) is 0. The Hall–Kier alpha value is -3.26. The number of rotatable bonds is 6. The van der Waals surface area contributed by atoms with Crippen molar-refractivity contribution in [3.63, 3.8) is 0 Å². The highest BCUT2D eigenvalue weighted by atomic mass is 16.5. The highest BCUT2D eigenvalue weighted by Gasteiger charge is 2.11. The van der Waals surface area contributed by atoms with Crippen LogP contribution in [0.1, 0.15) is 33.4 Å². The molecule has 0 amide bonds. The van der Waals surface area contributed by atoms with Crippen LogP contribution in [0.5, 0.6) is 23.0 Å². The van der Waals surface area contributed by atoms with Gasteiger partial charge in [0, 0.05) is 0 Å². The first-order valence-corrected chi connectivity index (χ1v) is 9.34. The molecule has 0 radical (unpaired) electrons. The Kier molecular flexibility index (Phi) is 5.70. The molecular weight excluding hydrogens is 344 g/mol. The largest absolute Gasteiger partial charge is 0.457 e. The first-order chi connectivity index (χ1) is 13.4. The number of ether oxygens (including phenoxy) is 2. The molecule has 0 heterocycles. The van der Waals surface area contributed by atoms with E-state index in [0.717, 1.165) is 56.4 Å². The highest BCUT2D eigenvalue weighted by Crippen LogP contribution is 2.35. The zero-order valence-corrected chi connectivity index (χ0v) is 17.0. The molecule has 0 N–H and O–H groups in total. The Bertz CT molecular complexity index is 1030.